The van der Waals surface area contributed by atoms with Crippen molar-refractivity contribution in [2.45, 2.75) is 13.3 Å². The lowest BCUT2D eigenvalue weighted by atomic mass is 10.1. The lowest BCUT2D eigenvalue weighted by Gasteiger charge is -2.08. The SMILES string of the molecule is Cc1nc2c(C#N)c[nH]n2c(=O)c1CC(=O)Nc1ccc(-c2cn3ccsc3n2)cc1. The molecule has 9 nitrogen and oxygen atoms in total. The Labute approximate surface area is 179 Å². The van der Waals surface area contributed by atoms with Crippen molar-refractivity contribution in [1.29, 1.82) is 5.26 Å². The summed E-state index contributed by atoms with van der Waals surface area (Å²) in [4.78, 5) is 35.1. The van der Waals surface area contributed by atoms with Crippen LogP contribution in [0.25, 0.3) is 21.9 Å². The quantitative estimate of drug-likeness (QED) is 0.455. The van der Waals surface area contributed by atoms with E-state index in [2.05, 4.69) is 20.4 Å². The third-order valence-corrected chi connectivity index (χ3v) is 5.75. The van der Waals surface area contributed by atoms with Gasteiger partial charge in [0.25, 0.3) is 5.56 Å². The molecule has 5 aromatic rings. The summed E-state index contributed by atoms with van der Waals surface area (Å²) in [6.45, 7) is 1.66. The number of hydrogen-bond donors (Lipinski definition) is 2. The van der Waals surface area contributed by atoms with Gasteiger partial charge in [-0.2, -0.15) is 5.26 Å². The van der Waals surface area contributed by atoms with Gasteiger partial charge in [0.05, 0.1) is 12.1 Å². The van der Waals surface area contributed by atoms with E-state index in [-0.39, 0.29) is 29.1 Å². The van der Waals surface area contributed by atoms with Crippen molar-refractivity contribution in [3.05, 3.63) is 75.4 Å². The van der Waals surface area contributed by atoms with Crippen molar-refractivity contribution >= 4 is 33.5 Å². The predicted octanol–water partition coefficient (Wildman–Crippen LogP) is 2.76. The maximum Gasteiger partial charge on any atom is 0.276 e. The Morgan fingerprint density at radius 2 is 2.10 bits per heavy atom. The summed E-state index contributed by atoms with van der Waals surface area (Å²) in [5.74, 6) is -0.329. The van der Waals surface area contributed by atoms with Crippen LogP contribution < -0.4 is 10.9 Å². The van der Waals surface area contributed by atoms with Crippen molar-refractivity contribution in [2.75, 3.05) is 5.32 Å². The highest BCUT2D eigenvalue weighted by molar-refractivity contribution is 7.15. The van der Waals surface area contributed by atoms with Crippen molar-refractivity contribution in [3.63, 3.8) is 0 Å². The molecule has 4 heterocycles. The molecule has 0 bridgehead atoms. The molecule has 5 rings (SSSR count). The summed E-state index contributed by atoms with van der Waals surface area (Å²) in [7, 11) is 0. The number of anilines is 1. The fourth-order valence-corrected chi connectivity index (χ4v) is 4.10. The van der Waals surface area contributed by atoms with Gasteiger partial charge in [0.15, 0.2) is 10.6 Å². The molecule has 0 unspecified atom stereocenters. The van der Waals surface area contributed by atoms with Gasteiger partial charge in [0.2, 0.25) is 5.91 Å². The number of nitriles is 1. The monoisotopic (exact) mass is 429 g/mol. The van der Waals surface area contributed by atoms with Crippen LogP contribution in [0.15, 0.2) is 53.0 Å². The molecule has 152 valence electrons. The standard InChI is InChI=1S/C21H15N7O2S/c1-12-16(20(30)28-19(24-12)14(9-22)10-23-28)8-18(29)25-15-4-2-13(3-5-15)17-11-27-6-7-31-21(27)26-17/h2-7,10-11,23H,8H2,1H3,(H,25,29). The number of benzene rings is 1. The number of nitrogens with one attached hydrogen (secondary N) is 2. The van der Waals surface area contributed by atoms with Crippen LogP contribution in [0.1, 0.15) is 16.8 Å². The van der Waals surface area contributed by atoms with Gasteiger partial charge >= 0.3 is 0 Å². The maximum atomic E-state index is 12.7. The second-order valence-electron chi connectivity index (χ2n) is 6.96. The summed E-state index contributed by atoms with van der Waals surface area (Å²) in [5.41, 5.74) is 3.25. The number of carbonyl (C=O) groups excluding carboxylic acids is 1. The molecule has 1 aromatic carbocycles. The molecule has 0 spiro atoms. The lowest BCUT2D eigenvalue weighted by Crippen LogP contribution is -2.26. The van der Waals surface area contributed by atoms with Crippen LogP contribution in [0.4, 0.5) is 5.69 Å². The third-order valence-electron chi connectivity index (χ3n) is 4.98. The molecule has 31 heavy (non-hydrogen) atoms. The van der Waals surface area contributed by atoms with Crippen molar-refractivity contribution < 1.29 is 4.79 Å². The van der Waals surface area contributed by atoms with Gasteiger partial charge in [-0.25, -0.2) is 14.5 Å². The van der Waals surface area contributed by atoms with E-state index in [0.29, 0.717) is 11.4 Å². The topological polar surface area (TPSA) is 120 Å². The Hall–Kier alpha value is -4.23. The van der Waals surface area contributed by atoms with Gasteiger partial charge in [-0.05, 0) is 19.1 Å². The molecule has 10 heteroatoms. The number of aromatic amines is 1. The van der Waals surface area contributed by atoms with Gasteiger partial charge in [-0.3, -0.25) is 19.1 Å². The second-order valence-corrected chi connectivity index (χ2v) is 7.83. The number of amides is 1. The highest BCUT2D eigenvalue weighted by Crippen LogP contribution is 2.23. The largest absolute Gasteiger partial charge is 0.326 e. The Morgan fingerprint density at radius 1 is 1.29 bits per heavy atom. The van der Waals surface area contributed by atoms with Gasteiger partial charge in [0, 0.05) is 46.5 Å². The summed E-state index contributed by atoms with van der Waals surface area (Å²) in [6.07, 6.45) is 5.20. The van der Waals surface area contributed by atoms with E-state index in [1.807, 2.05) is 40.4 Å². The summed E-state index contributed by atoms with van der Waals surface area (Å²) in [6, 6.07) is 9.35. The van der Waals surface area contributed by atoms with Crippen molar-refractivity contribution in [1.82, 2.24) is 24.0 Å². The molecule has 2 N–H and O–H groups in total. The first-order chi connectivity index (χ1) is 15.0. The Morgan fingerprint density at radius 3 is 2.84 bits per heavy atom. The molecular formula is C21H15N7O2S. The normalized spacial score (nSPS) is 11.1. The minimum absolute atomic E-state index is 0.124. The van der Waals surface area contributed by atoms with Gasteiger partial charge in [-0.1, -0.05) is 12.1 Å². The molecule has 0 atom stereocenters. The van der Waals surface area contributed by atoms with E-state index in [0.717, 1.165) is 16.2 Å². The van der Waals surface area contributed by atoms with E-state index in [9.17, 15) is 9.59 Å². The van der Waals surface area contributed by atoms with Crippen molar-refractivity contribution in [3.8, 4) is 17.3 Å². The molecule has 0 saturated heterocycles. The fourth-order valence-electron chi connectivity index (χ4n) is 3.40. The van der Waals surface area contributed by atoms with Crippen LogP contribution in [-0.2, 0) is 11.2 Å². The Balaban J connectivity index is 1.34. The molecule has 0 aliphatic carbocycles. The highest BCUT2D eigenvalue weighted by Gasteiger charge is 2.16. The van der Waals surface area contributed by atoms with Gasteiger partial charge < -0.3 is 5.32 Å². The van der Waals surface area contributed by atoms with Crippen LogP contribution in [0, 0.1) is 18.3 Å². The second kappa shape index (κ2) is 7.23. The van der Waals surface area contributed by atoms with Crippen LogP contribution in [0.3, 0.4) is 0 Å². The average molecular weight is 429 g/mol. The molecule has 4 aromatic heterocycles. The summed E-state index contributed by atoms with van der Waals surface area (Å²) in [5, 5.41) is 16.6. The van der Waals surface area contributed by atoms with Crippen molar-refractivity contribution in [2.24, 2.45) is 0 Å². The molecule has 0 fully saturated rings. The Bertz CT molecular complexity index is 1520. The molecule has 0 saturated carbocycles. The van der Waals surface area contributed by atoms with Crippen LogP contribution in [-0.4, -0.2) is 29.9 Å². The van der Waals surface area contributed by atoms with E-state index >= 15 is 0 Å². The molecule has 0 aliphatic heterocycles. The number of H-pyrrole nitrogens is 1. The maximum absolute atomic E-state index is 12.7. The Kier molecular flexibility index (Phi) is 4.38. The number of rotatable bonds is 4. The number of imidazole rings is 1. The molecule has 0 radical (unpaired) electrons. The number of thiazole rings is 1. The lowest BCUT2D eigenvalue weighted by molar-refractivity contribution is -0.115. The molecular weight excluding hydrogens is 414 g/mol. The van der Waals surface area contributed by atoms with Gasteiger partial charge in [0.1, 0.15) is 11.6 Å². The first-order valence-electron chi connectivity index (χ1n) is 9.35. The number of carbonyl (C=O) groups is 1. The zero-order chi connectivity index (χ0) is 21.5. The minimum atomic E-state index is -0.394. The number of fused-ring (bicyclic) bond motifs is 2. The van der Waals surface area contributed by atoms with E-state index < -0.39 is 5.56 Å². The number of aromatic nitrogens is 5. The fraction of sp³-hybridized carbons (Fsp3) is 0.0952. The number of nitrogens with zero attached hydrogens (tertiary/aromatic N) is 5. The van der Waals surface area contributed by atoms with Crippen LogP contribution in [0.2, 0.25) is 0 Å². The van der Waals surface area contributed by atoms with E-state index in [4.69, 9.17) is 5.26 Å². The smallest absolute Gasteiger partial charge is 0.276 e. The van der Waals surface area contributed by atoms with E-state index in [1.165, 1.54) is 10.7 Å². The number of aryl methyl sites for hydroxylation is 1. The minimum Gasteiger partial charge on any atom is -0.326 e. The first kappa shape index (κ1) is 18.8. The third kappa shape index (κ3) is 3.27. The zero-order valence-electron chi connectivity index (χ0n) is 16.3. The predicted molar refractivity (Wildman–Crippen MR) is 116 cm³/mol. The van der Waals surface area contributed by atoms with Gasteiger partial charge in [-0.15, -0.1) is 11.3 Å². The summed E-state index contributed by atoms with van der Waals surface area (Å²) < 4.78 is 3.14. The zero-order valence-corrected chi connectivity index (χ0v) is 17.1. The molecule has 1 amide bonds. The van der Waals surface area contributed by atoms with E-state index in [1.54, 1.807) is 30.4 Å². The average Bonchev–Trinajstić information content (AvgIpc) is 3.46. The summed E-state index contributed by atoms with van der Waals surface area (Å²) >= 11 is 1.57. The molecule has 0 aliphatic rings. The first-order valence-corrected chi connectivity index (χ1v) is 10.2. The van der Waals surface area contributed by atoms with Crippen LogP contribution >= 0.6 is 11.3 Å². The number of hydrogen-bond acceptors (Lipinski definition) is 6. The highest BCUT2D eigenvalue weighted by atomic mass is 32.1. The van der Waals surface area contributed by atoms with Crippen LogP contribution in [0.5, 0.6) is 0 Å².